The molecular weight excluding hydrogens is 270 g/mol. The van der Waals surface area contributed by atoms with Crippen LogP contribution in [0.4, 0.5) is 5.82 Å². The van der Waals surface area contributed by atoms with Gasteiger partial charge in [-0.2, -0.15) is 0 Å². The molecule has 19 heavy (non-hydrogen) atoms. The zero-order valence-corrected chi connectivity index (χ0v) is 10.6. The number of anilines is 1. The molecule has 1 aliphatic heterocycles. The summed E-state index contributed by atoms with van der Waals surface area (Å²) >= 11 is 1.28. The van der Waals surface area contributed by atoms with Gasteiger partial charge in [-0.3, -0.25) is 4.57 Å². The number of nitrogens with two attached hydrogens (primary N) is 1. The molecule has 1 unspecified atom stereocenters. The molecule has 9 heteroatoms. The van der Waals surface area contributed by atoms with Crippen molar-refractivity contribution in [2.24, 2.45) is 0 Å². The monoisotopic (exact) mass is 283 g/mol. The van der Waals surface area contributed by atoms with Crippen molar-refractivity contribution in [2.75, 3.05) is 12.3 Å². The second-order valence-electron chi connectivity index (χ2n) is 4.31. The molecule has 1 fully saturated rings. The lowest BCUT2D eigenvalue weighted by atomic mass is 10.1. The van der Waals surface area contributed by atoms with Crippen molar-refractivity contribution in [1.29, 1.82) is 0 Å². The van der Waals surface area contributed by atoms with E-state index in [1.807, 2.05) is 0 Å². The number of aromatic nitrogens is 4. The van der Waals surface area contributed by atoms with Crippen molar-refractivity contribution in [3.05, 3.63) is 12.7 Å². The van der Waals surface area contributed by atoms with E-state index in [4.69, 9.17) is 10.8 Å². The Kier molecular flexibility index (Phi) is 3.05. The predicted molar refractivity (Wildman–Crippen MR) is 69.3 cm³/mol. The number of aliphatic hydroxyl groups is 3. The molecule has 3 rings (SSSR count). The van der Waals surface area contributed by atoms with Gasteiger partial charge in [-0.1, -0.05) is 0 Å². The Balaban J connectivity index is 2.04. The van der Waals surface area contributed by atoms with E-state index in [1.165, 1.54) is 24.4 Å². The zero-order valence-electron chi connectivity index (χ0n) is 9.79. The maximum atomic E-state index is 10.1. The van der Waals surface area contributed by atoms with E-state index in [0.717, 1.165) is 0 Å². The fourth-order valence-corrected chi connectivity index (χ4v) is 3.54. The third-order valence-electron chi connectivity index (χ3n) is 3.18. The molecule has 0 spiro atoms. The van der Waals surface area contributed by atoms with Crippen LogP contribution in [0.15, 0.2) is 12.7 Å². The minimum absolute atomic E-state index is 0.205. The van der Waals surface area contributed by atoms with Gasteiger partial charge < -0.3 is 21.1 Å². The number of fused-ring (bicyclic) bond motifs is 1. The Hall–Kier alpha value is -1.42. The smallest absolute Gasteiger partial charge is 0.166 e. The van der Waals surface area contributed by atoms with Gasteiger partial charge in [0.25, 0.3) is 0 Å². The maximum absolute atomic E-state index is 10.1. The highest BCUT2D eigenvalue weighted by Crippen LogP contribution is 2.42. The van der Waals surface area contributed by atoms with E-state index in [2.05, 4.69) is 15.0 Å². The summed E-state index contributed by atoms with van der Waals surface area (Å²) in [7, 11) is 0. The summed E-state index contributed by atoms with van der Waals surface area (Å²) in [4.78, 5) is 12.1. The molecule has 8 nitrogen and oxygen atoms in total. The summed E-state index contributed by atoms with van der Waals surface area (Å²) in [5.41, 5.74) is 6.65. The molecule has 1 saturated heterocycles. The van der Waals surface area contributed by atoms with E-state index in [-0.39, 0.29) is 12.4 Å². The molecular formula is C10H13N5O3S. The summed E-state index contributed by atoms with van der Waals surface area (Å²) in [6, 6.07) is 0. The van der Waals surface area contributed by atoms with Gasteiger partial charge in [0.15, 0.2) is 11.5 Å². The molecule has 0 aromatic carbocycles. The van der Waals surface area contributed by atoms with E-state index < -0.39 is 22.8 Å². The first-order valence-electron chi connectivity index (χ1n) is 5.69. The summed E-state index contributed by atoms with van der Waals surface area (Å²) in [5.74, 6) is 0.264. The van der Waals surface area contributed by atoms with Gasteiger partial charge in [0.2, 0.25) is 0 Å². The summed E-state index contributed by atoms with van der Waals surface area (Å²) in [6.07, 6.45) is 0.831. The SMILES string of the molecule is Nc1ncnc2c1ncn2C1S[C@@H](CO)[C@H](O)[C@H]1O. The number of hydrogen-bond acceptors (Lipinski definition) is 8. The topological polar surface area (TPSA) is 130 Å². The molecule has 2 aromatic heterocycles. The number of nitrogen functional groups attached to an aromatic ring is 1. The lowest BCUT2D eigenvalue weighted by Crippen LogP contribution is -2.32. The molecule has 0 radical (unpaired) electrons. The van der Waals surface area contributed by atoms with Gasteiger partial charge >= 0.3 is 0 Å². The fourth-order valence-electron chi connectivity index (χ4n) is 2.17. The van der Waals surface area contributed by atoms with E-state index in [9.17, 15) is 10.2 Å². The summed E-state index contributed by atoms with van der Waals surface area (Å²) < 4.78 is 1.64. The van der Waals surface area contributed by atoms with Crippen LogP contribution < -0.4 is 5.73 Å². The largest absolute Gasteiger partial charge is 0.395 e. The van der Waals surface area contributed by atoms with E-state index >= 15 is 0 Å². The predicted octanol–water partition coefficient (Wildman–Crippen LogP) is -1.26. The first-order valence-corrected chi connectivity index (χ1v) is 6.63. The van der Waals surface area contributed by atoms with E-state index in [0.29, 0.717) is 11.2 Å². The first-order chi connectivity index (χ1) is 9.13. The number of nitrogens with zero attached hydrogens (tertiary/aromatic N) is 4. The Morgan fingerprint density at radius 1 is 1.26 bits per heavy atom. The molecule has 0 bridgehead atoms. The van der Waals surface area contributed by atoms with Crippen molar-refractivity contribution >= 4 is 28.7 Å². The van der Waals surface area contributed by atoms with Gasteiger partial charge in [-0.15, -0.1) is 11.8 Å². The summed E-state index contributed by atoms with van der Waals surface area (Å²) in [5, 5.41) is 28.2. The van der Waals surface area contributed by atoms with Crippen LogP contribution in [0, 0.1) is 0 Å². The molecule has 102 valence electrons. The van der Waals surface area contributed by atoms with Gasteiger partial charge in [-0.25, -0.2) is 15.0 Å². The standard InChI is InChI=1S/C10H13N5O3S/c11-8-5-9(13-2-12-8)15(3-14-5)10-7(18)6(17)4(1-16)19-10/h2-4,6-7,10,16-18H,1H2,(H2,11,12,13)/t4-,6-,7+,10?/m0/s1. The molecule has 2 aromatic rings. The van der Waals surface area contributed by atoms with Crippen LogP contribution in [0.3, 0.4) is 0 Å². The van der Waals surface area contributed by atoms with Crippen LogP contribution in [0.1, 0.15) is 5.37 Å². The van der Waals surface area contributed by atoms with Gasteiger partial charge in [0.1, 0.15) is 23.3 Å². The third kappa shape index (κ3) is 1.86. The van der Waals surface area contributed by atoms with E-state index in [1.54, 1.807) is 4.57 Å². The minimum Gasteiger partial charge on any atom is -0.395 e. The Labute approximate surface area is 112 Å². The molecule has 0 aliphatic carbocycles. The highest BCUT2D eigenvalue weighted by molar-refractivity contribution is 8.00. The minimum atomic E-state index is -1.00. The Bertz CT molecular complexity index is 606. The van der Waals surface area contributed by atoms with Crippen molar-refractivity contribution in [1.82, 2.24) is 19.5 Å². The van der Waals surface area contributed by atoms with Crippen LogP contribution in [-0.4, -0.2) is 58.9 Å². The third-order valence-corrected chi connectivity index (χ3v) is 4.74. The van der Waals surface area contributed by atoms with Crippen LogP contribution in [0.5, 0.6) is 0 Å². The van der Waals surface area contributed by atoms with Gasteiger partial charge in [0.05, 0.1) is 24.3 Å². The number of aliphatic hydroxyl groups excluding tert-OH is 3. The zero-order chi connectivity index (χ0) is 13.6. The van der Waals surface area contributed by atoms with Crippen LogP contribution in [-0.2, 0) is 0 Å². The molecule has 3 heterocycles. The number of imidazole rings is 1. The lowest BCUT2D eigenvalue weighted by molar-refractivity contribution is 0.0113. The highest BCUT2D eigenvalue weighted by Gasteiger charge is 2.43. The normalized spacial score (nSPS) is 31.1. The highest BCUT2D eigenvalue weighted by atomic mass is 32.2. The molecule has 5 N–H and O–H groups in total. The number of thioether (sulfide) groups is 1. The van der Waals surface area contributed by atoms with Crippen LogP contribution >= 0.6 is 11.8 Å². The van der Waals surface area contributed by atoms with Crippen LogP contribution in [0.2, 0.25) is 0 Å². The average molecular weight is 283 g/mol. The second-order valence-corrected chi connectivity index (χ2v) is 5.67. The Morgan fingerprint density at radius 3 is 2.74 bits per heavy atom. The summed E-state index contributed by atoms with van der Waals surface area (Å²) in [6.45, 7) is -0.205. The molecule has 0 saturated carbocycles. The van der Waals surface area contributed by atoms with Crippen molar-refractivity contribution in [3.8, 4) is 0 Å². The van der Waals surface area contributed by atoms with Gasteiger partial charge in [-0.05, 0) is 0 Å². The van der Waals surface area contributed by atoms with Crippen molar-refractivity contribution in [3.63, 3.8) is 0 Å². The number of rotatable bonds is 2. The molecule has 1 aliphatic rings. The second kappa shape index (κ2) is 4.60. The lowest BCUT2D eigenvalue weighted by Gasteiger charge is -2.16. The molecule has 0 amide bonds. The average Bonchev–Trinajstić information content (AvgIpc) is 2.94. The molecule has 4 atom stereocenters. The maximum Gasteiger partial charge on any atom is 0.166 e. The number of hydrogen-bond donors (Lipinski definition) is 4. The van der Waals surface area contributed by atoms with Crippen molar-refractivity contribution < 1.29 is 15.3 Å². The first kappa shape index (κ1) is 12.6. The van der Waals surface area contributed by atoms with Gasteiger partial charge in [0, 0.05) is 0 Å². The fraction of sp³-hybridized carbons (Fsp3) is 0.500. The van der Waals surface area contributed by atoms with Crippen molar-refractivity contribution in [2.45, 2.75) is 22.8 Å². The quantitative estimate of drug-likeness (QED) is 0.537. The Morgan fingerprint density at radius 2 is 2.05 bits per heavy atom. The van der Waals surface area contributed by atoms with Crippen LogP contribution in [0.25, 0.3) is 11.2 Å².